The standard InChI is InChI=1S/C12H23N/c1-3-4-5-9-13-12-8-6-7-11(2)10-12/h3,11-13H,1,4-10H2,2H3. The molecular weight excluding hydrogens is 158 g/mol. The van der Waals surface area contributed by atoms with Crippen molar-refractivity contribution in [3.05, 3.63) is 12.7 Å². The molecule has 0 saturated heterocycles. The maximum atomic E-state index is 3.73. The van der Waals surface area contributed by atoms with E-state index in [0.29, 0.717) is 0 Å². The van der Waals surface area contributed by atoms with Gasteiger partial charge in [0.1, 0.15) is 0 Å². The fourth-order valence-electron chi connectivity index (χ4n) is 2.17. The highest BCUT2D eigenvalue weighted by Gasteiger charge is 2.17. The van der Waals surface area contributed by atoms with Gasteiger partial charge < -0.3 is 5.32 Å². The minimum absolute atomic E-state index is 0.800. The molecule has 0 aliphatic heterocycles. The Morgan fingerprint density at radius 2 is 2.31 bits per heavy atom. The molecule has 1 N–H and O–H groups in total. The Labute approximate surface area is 82.6 Å². The molecule has 2 unspecified atom stereocenters. The molecule has 0 radical (unpaired) electrons. The van der Waals surface area contributed by atoms with Crippen molar-refractivity contribution in [2.24, 2.45) is 5.92 Å². The van der Waals surface area contributed by atoms with Crippen molar-refractivity contribution in [3.63, 3.8) is 0 Å². The van der Waals surface area contributed by atoms with Crippen LogP contribution in [0.1, 0.15) is 45.4 Å². The van der Waals surface area contributed by atoms with Crippen molar-refractivity contribution in [1.82, 2.24) is 5.32 Å². The molecule has 1 nitrogen and oxygen atoms in total. The molecular formula is C12H23N. The second kappa shape index (κ2) is 6.20. The number of hydrogen-bond acceptors (Lipinski definition) is 1. The summed E-state index contributed by atoms with van der Waals surface area (Å²) in [5.41, 5.74) is 0. The highest BCUT2D eigenvalue weighted by atomic mass is 14.9. The van der Waals surface area contributed by atoms with E-state index in [9.17, 15) is 0 Å². The van der Waals surface area contributed by atoms with Crippen LogP contribution in [0.3, 0.4) is 0 Å². The summed E-state index contributed by atoms with van der Waals surface area (Å²) in [5, 5.41) is 3.64. The average molecular weight is 181 g/mol. The predicted octanol–water partition coefficient (Wildman–Crippen LogP) is 3.12. The quantitative estimate of drug-likeness (QED) is 0.507. The van der Waals surface area contributed by atoms with E-state index in [1.807, 2.05) is 6.08 Å². The first-order valence-corrected chi connectivity index (χ1v) is 5.67. The highest BCUT2D eigenvalue weighted by molar-refractivity contribution is 4.76. The van der Waals surface area contributed by atoms with Crippen molar-refractivity contribution in [1.29, 1.82) is 0 Å². The lowest BCUT2D eigenvalue weighted by Gasteiger charge is -2.27. The van der Waals surface area contributed by atoms with Crippen LogP contribution in [-0.2, 0) is 0 Å². The van der Waals surface area contributed by atoms with E-state index in [-0.39, 0.29) is 0 Å². The third-order valence-electron chi connectivity index (χ3n) is 2.95. The van der Waals surface area contributed by atoms with Gasteiger partial charge in [-0.25, -0.2) is 0 Å². The summed E-state index contributed by atoms with van der Waals surface area (Å²) in [5.74, 6) is 0.936. The molecule has 1 aliphatic carbocycles. The number of hydrogen-bond donors (Lipinski definition) is 1. The van der Waals surface area contributed by atoms with Crippen LogP contribution in [-0.4, -0.2) is 12.6 Å². The van der Waals surface area contributed by atoms with E-state index in [1.54, 1.807) is 0 Å². The van der Waals surface area contributed by atoms with Crippen molar-refractivity contribution in [2.75, 3.05) is 6.54 Å². The van der Waals surface area contributed by atoms with Gasteiger partial charge in [-0.05, 0) is 38.1 Å². The van der Waals surface area contributed by atoms with E-state index in [4.69, 9.17) is 0 Å². The maximum Gasteiger partial charge on any atom is 0.00696 e. The van der Waals surface area contributed by atoms with E-state index in [2.05, 4.69) is 18.8 Å². The third kappa shape index (κ3) is 4.47. The zero-order valence-electron chi connectivity index (χ0n) is 8.89. The molecule has 2 atom stereocenters. The van der Waals surface area contributed by atoms with Gasteiger partial charge >= 0.3 is 0 Å². The molecule has 1 heteroatoms. The number of unbranched alkanes of at least 4 members (excludes halogenated alkanes) is 1. The molecule has 1 saturated carbocycles. The molecule has 1 rings (SSSR count). The zero-order valence-corrected chi connectivity index (χ0v) is 8.89. The van der Waals surface area contributed by atoms with Crippen LogP contribution in [0.15, 0.2) is 12.7 Å². The first-order chi connectivity index (χ1) is 6.33. The Bertz CT molecular complexity index is 142. The molecule has 0 bridgehead atoms. The fourth-order valence-corrected chi connectivity index (χ4v) is 2.17. The Kier molecular flexibility index (Phi) is 5.14. The van der Waals surface area contributed by atoms with Crippen LogP contribution in [0.25, 0.3) is 0 Å². The first-order valence-electron chi connectivity index (χ1n) is 5.67. The third-order valence-corrected chi connectivity index (χ3v) is 2.95. The number of nitrogens with one attached hydrogen (secondary N) is 1. The van der Waals surface area contributed by atoms with Crippen LogP contribution >= 0.6 is 0 Å². The molecule has 0 heterocycles. The van der Waals surface area contributed by atoms with Gasteiger partial charge in [0.05, 0.1) is 0 Å². The second-order valence-electron chi connectivity index (χ2n) is 4.35. The number of rotatable bonds is 5. The molecule has 13 heavy (non-hydrogen) atoms. The van der Waals surface area contributed by atoms with Gasteiger partial charge in [-0.3, -0.25) is 0 Å². The minimum Gasteiger partial charge on any atom is -0.314 e. The van der Waals surface area contributed by atoms with E-state index >= 15 is 0 Å². The summed E-state index contributed by atoms with van der Waals surface area (Å²) in [6, 6.07) is 0.800. The highest BCUT2D eigenvalue weighted by Crippen LogP contribution is 2.23. The fraction of sp³-hybridized carbons (Fsp3) is 0.833. The maximum absolute atomic E-state index is 3.73. The monoisotopic (exact) mass is 181 g/mol. The number of allylic oxidation sites excluding steroid dienone is 1. The SMILES string of the molecule is C=CCCCNC1CCCC(C)C1. The Morgan fingerprint density at radius 1 is 1.46 bits per heavy atom. The van der Waals surface area contributed by atoms with Crippen LogP contribution in [0, 0.1) is 5.92 Å². The molecule has 0 amide bonds. The van der Waals surface area contributed by atoms with Crippen molar-refractivity contribution >= 4 is 0 Å². The van der Waals surface area contributed by atoms with Crippen molar-refractivity contribution in [3.8, 4) is 0 Å². The summed E-state index contributed by atoms with van der Waals surface area (Å²) < 4.78 is 0. The van der Waals surface area contributed by atoms with Crippen LogP contribution in [0.2, 0.25) is 0 Å². The minimum atomic E-state index is 0.800. The summed E-state index contributed by atoms with van der Waals surface area (Å²) in [4.78, 5) is 0. The lowest BCUT2D eigenvalue weighted by atomic mass is 9.87. The molecule has 76 valence electrons. The molecule has 0 aromatic heterocycles. The normalized spacial score (nSPS) is 28.7. The molecule has 1 aliphatic rings. The van der Waals surface area contributed by atoms with Crippen molar-refractivity contribution in [2.45, 2.75) is 51.5 Å². The van der Waals surface area contributed by atoms with Gasteiger partial charge in [0, 0.05) is 6.04 Å². The first kappa shape index (κ1) is 10.8. The van der Waals surface area contributed by atoms with Crippen LogP contribution in [0.5, 0.6) is 0 Å². The van der Waals surface area contributed by atoms with Gasteiger partial charge in [-0.1, -0.05) is 25.8 Å². The summed E-state index contributed by atoms with van der Waals surface area (Å²) in [6.07, 6.45) is 10.0. The smallest absolute Gasteiger partial charge is 0.00696 e. The summed E-state index contributed by atoms with van der Waals surface area (Å²) >= 11 is 0. The molecule has 1 fully saturated rings. The van der Waals surface area contributed by atoms with Gasteiger partial charge in [-0.15, -0.1) is 6.58 Å². The Balaban J connectivity index is 2.03. The largest absolute Gasteiger partial charge is 0.314 e. The molecule has 0 aromatic rings. The van der Waals surface area contributed by atoms with Gasteiger partial charge in [-0.2, -0.15) is 0 Å². The van der Waals surface area contributed by atoms with Crippen LogP contribution < -0.4 is 5.32 Å². The lowest BCUT2D eigenvalue weighted by Crippen LogP contribution is -2.34. The zero-order chi connectivity index (χ0) is 9.52. The van der Waals surface area contributed by atoms with Gasteiger partial charge in [0.25, 0.3) is 0 Å². The lowest BCUT2D eigenvalue weighted by molar-refractivity contribution is 0.301. The second-order valence-corrected chi connectivity index (χ2v) is 4.35. The molecule has 0 spiro atoms. The average Bonchev–Trinajstić information content (AvgIpc) is 2.13. The Hall–Kier alpha value is -0.300. The van der Waals surface area contributed by atoms with Gasteiger partial charge in [0.15, 0.2) is 0 Å². The van der Waals surface area contributed by atoms with Crippen LogP contribution in [0.4, 0.5) is 0 Å². The topological polar surface area (TPSA) is 12.0 Å². The van der Waals surface area contributed by atoms with E-state index in [0.717, 1.165) is 18.4 Å². The van der Waals surface area contributed by atoms with E-state index < -0.39 is 0 Å². The predicted molar refractivity (Wildman–Crippen MR) is 58.9 cm³/mol. The van der Waals surface area contributed by atoms with Gasteiger partial charge in [0.2, 0.25) is 0 Å². The Morgan fingerprint density at radius 3 is 3.00 bits per heavy atom. The van der Waals surface area contributed by atoms with Crippen molar-refractivity contribution < 1.29 is 0 Å². The van der Waals surface area contributed by atoms with E-state index in [1.165, 1.54) is 38.6 Å². The summed E-state index contributed by atoms with van der Waals surface area (Å²) in [7, 11) is 0. The summed E-state index contributed by atoms with van der Waals surface area (Å²) in [6.45, 7) is 7.27. The molecule has 0 aromatic carbocycles.